The lowest BCUT2D eigenvalue weighted by Gasteiger charge is -2.05. The topological polar surface area (TPSA) is 92.4 Å². The largest absolute Gasteiger partial charge is 0.493 e. The summed E-state index contributed by atoms with van der Waals surface area (Å²) in [7, 11) is 3.11. The molecule has 1 aromatic carbocycles. The van der Waals surface area contributed by atoms with E-state index in [-0.39, 0.29) is 5.57 Å². The number of nitriles is 1. The van der Waals surface area contributed by atoms with E-state index in [4.69, 9.17) is 19.8 Å². The number of aliphatic carboxylic acids is 1. The van der Waals surface area contributed by atoms with Crippen molar-refractivity contribution in [1.82, 2.24) is 4.98 Å². The highest BCUT2D eigenvalue weighted by atomic mass is 32.1. The van der Waals surface area contributed by atoms with Crippen LogP contribution in [0.1, 0.15) is 5.01 Å². The van der Waals surface area contributed by atoms with Crippen molar-refractivity contribution < 1.29 is 19.4 Å². The van der Waals surface area contributed by atoms with Gasteiger partial charge in [-0.3, -0.25) is 0 Å². The van der Waals surface area contributed by atoms with Crippen LogP contribution >= 0.6 is 11.3 Å². The van der Waals surface area contributed by atoms with Crippen molar-refractivity contribution in [3.8, 4) is 17.6 Å². The summed E-state index contributed by atoms with van der Waals surface area (Å²) in [6.45, 7) is 0. The number of benzene rings is 1. The molecule has 6 nitrogen and oxygen atoms in total. The quantitative estimate of drug-likeness (QED) is 0.518. The molecule has 0 saturated heterocycles. The van der Waals surface area contributed by atoms with Crippen LogP contribution in [0, 0.1) is 11.3 Å². The zero-order chi connectivity index (χ0) is 16.1. The highest BCUT2D eigenvalue weighted by Gasteiger charge is 2.09. The number of carboxylic acids is 1. The number of rotatable bonds is 5. The van der Waals surface area contributed by atoms with E-state index in [1.54, 1.807) is 32.4 Å². The van der Waals surface area contributed by atoms with Crippen molar-refractivity contribution in [2.24, 2.45) is 0 Å². The van der Waals surface area contributed by atoms with Gasteiger partial charge in [0.25, 0.3) is 0 Å². The van der Waals surface area contributed by atoms with Gasteiger partial charge in [0.1, 0.15) is 16.6 Å². The maximum atomic E-state index is 10.7. The molecule has 0 aliphatic carbocycles. The maximum absolute atomic E-state index is 10.7. The Morgan fingerprint density at radius 3 is 2.64 bits per heavy atom. The van der Waals surface area contributed by atoms with Gasteiger partial charge in [-0.1, -0.05) is 6.08 Å². The fraction of sp³-hybridized carbons (Fsp3) is 0.133. The molecule has 1 heterocycles. The summed E-state index contributed by atoms with van der Waals surface area (Å²) in [6.07, 6.45) is 4.36. The Labute approximate surface area is 130 Å². The van der Waals surface area contributed by atoms with Crippen molar-refractivity contribution >= 4 is 33.6 Å². The number of carbonyl (C=O) groups is 1. The van der Waals surface area contributed by atoms with Gasteiger partial charge in [-0.25, -0.2) is 9.78 Å². The molecule has 1 N–H and O–H groups in total. The number of nitrogens with zero attached hydrogens (tertiary/aromatic N) is 2. The predicted molar refractivity (Wildman–Crippen MR) is 83.1 cm³/mol. The predicted octanol–water partition coefficient (Wildman–Crippen LogP) is 2.86. The van der Waals surface area contributed by atoms with Crippen LogP contribution in [-0.2, 0) is 4.79 Å². The molecule has 0 spiro atoms. The van der Waals surface area contributed by atoms with Gasteiger partial charge in [0.15, 0.2) is 11.5 Å². The van der Waals surface area contributed by atoms with Crippen molar-refractivity contribution in [3.05, 3.63) is 34.9 Å². The summed E-state index contributed by atoms with van der Waals surface area (Å²) in [4.78, 5) is 15.1. The van der Waals surface area contributed by atoms with E-state index in [0.717, 1.165) is 10.2 Å². The third-order valence-corrected chi connectivity index (χ3v) is 3.75. The first-order valence-corrected chi connectivity index (χ1v) is 6.95. The zero-order valence-electron chi connectivity index (χ0n) is 11.9. The highest BCUT2D eigenvalue weighted by molar-refractivity contribution is 7.19. The van der Waals surface area contributed by atoms with E-state index < -0.39 is 5.97 Å². The summed E-state index contributed by atoms with van der Waals surface area (Å²) < 4.78 is 11.4. The normalized spacial score (nSPS) is 11.6. The second-order valence-electron chi connectivity index (χ2n) is 4.08. The molecule has 22 heavy (non-hydrogen) atoms. The summed E-state index contributed by atoms with van der Waals surface area (Å²) >= 11 is 1.42. The number of aromatic nitrogens is 1. The maximum Gasteiger partial charge on any atom is 0.346 e. The van der Waals surface area contributed by atoms with Gasteiger partial charge in [0, 0.05) is 12.1 Å². The summed E-state index contributed by atoms with van der Waals surface area (Å²) in [5.41, 5.74) is 0.422. The lowest BCUT2D eigenvalue weighted by Crippen LogP contribution is -1.96. The number of fused-ring (bicyclic) bond motifs is 1. The second-order valence-corrected chi connectivity index (χ2v) is 5.15. The molecule has 0 aliphatic rings. The van der Waals surface area contributed by atoms with Crippen molar-refractivity contribution in [3.63, 3.8) is 0 Å². The first kappa shape index (κ1) is 15.5. The monoisotopic (exact) mass is 316 g/mol. The van der Waals surface area contributed by atoms with Crippen LogP contribution < -0.4 is 9.47 Å². The average Bonchev–Trinajstić information content (AvgIpc) is 2.91. The number of methoxy groups -OCH3 is 2. The van der Waals surface area contributed by atoms with E-state index in [0.29, 0.717) is 16.5 Å². The minimum Gasteiger partial charge on any atom is -0.493 e. The number of thiazole rings is 1. The van der Waals surface area contributed by atoms with Gasteiger partial charge in [0.2, 0.25) is 0 Å². The van der Waals surface area contributed by atoms with Crippen LogP contribution in [0.2, 0.25) is 0 Å². The Bertz CT molecular complexity index is 774. The van der Waals surface area contributed by atoms with Gasteiger partial charge in [-0.2, -0.15) is 5.26 Å². The van der Waals surface area contributed by atoms with Crippen LogP contribution in [0.4, 0.5) is 0 Å². The zero-order valence-corrected chi connectivity index (χ0v) is 12.7. The molecule has 0 bridgehead atoms. The highest BCUT2D eigenvalue weighted by Crippen LogP contribution is 2.34. The van der Waals surface area contributed by atoms with Crippen LogP contribution in [0.15, 0.2) is 29.9 Å². The van der Waals surface area contributed by atoms with Gasteiger partial charge < -0.3 is 14.6 Å². The molecule has 0 atom stereocenters. The third kappa shape index (κ3) is 3.24. The molecular formula is C15H12N2O4S. The molecule has 112 valence electrons. The Hall–Kier alpha value is -2.85. The van der Waals surface area contributed by atoms with Gasteiger partial charge in [-0.05, 0) is 12.2 Å². The Kier molecular flexibility index (Phi) is 4.76. The number of hydrogen-bond acceptors (Lipinski definition) is 6. The lowest BCUT2D eigenvalue weighted by atomic mass is 10.2. The van der Waals surface area contributed by atoms with Crippen LogP contribution in [0.5, 0.6) is 11.5 Å². The van der Waals surface area contributed by atoms with Crippen LogP contribution in [0.25, 0.3) is 16.3 Å². The molecule has 0 radical (unpaired) electrons. The number of allylic oxidation sites excluding steroid dienone is 2. The average molecular weight is 316 g/mol. The summed E-state index contributed by atoms with van der Waals surface area (Å²) in [5.74, 6) is -0.0500. The van der Waals surface area contributed by atoms with Crippen LogP contribution in [-0.4, -0.2) is 30.3 Å². The van der Waals surface area contributed by atoms with Crippen molar-refractivity contribution in [1.29, 1.82) is 5.26 Å². The number of ether oxygens (including phenoxy) is 2. The molecule has 0 aliphatic heterocycles. The SMILES string of the molecule is COc1cc2nc(C=CC=C(C#N)C(=O)O)sc2cc1OC. The Morgan fingerprint density at radius 2 is 2.05 bits per heavy atom. The molecule has 1 aromatic heterocycles. The standard InChI is InChI=1S/C15H12N2O4S/c1-20-11-6-10-13(7-12(11)21-2)22-14(17-10)5-3-4-9(8-16)15(18)19/h3-7H,1-2H3,(H,18,19). The smallest absolute Gasteiger partial charge is 0.346 e. The molecular weight excluding hydrogens is 304 g/mol. The third-order valence-electron chi connectivity index (χ3n) is 2.76. The molecule has 7 heteroatoms. The molecule has 0 unspecified atom stereocenters. The number of carboxylic acid groups (broad SMARTS) is 1. The Morgan fingerprint density at radius 1 is 1.36 bits per heavy atom. The molecule has 2 aromatic rings. The van der Waals surface area contributed by atoms with E-state index >= 15 is 0 Å². The first-order chi connectivity index (χ1) is 10.6. The first-order valence-electron chi connectivity index (χ1n) is 6.13. The van der Waals surface area contributed by atoms with E-state index in [1.165, 1.54) is 23.5 Å². The fourth-order valence-corrected chi connectivity index (χ4v) is 2.62. The lowest BCUT2D eigenvalue weighted by molar-refractivity contribution is -0.132. The summed E-state index contributed by atoms with van der Waals surface area (Å²) in [5, 5.41) is 18.1. The van der Waals surface area contributed by atoms with Gasteiger partial charge in [-0.15, -0.1) is 11.3 Å². The molecule has 0 saturated carbocycles. The van der Waals surface area contributed by atoms with E-state index in [2.05, 4.69) is 4.98 Å². The van der Waals surface area contributed by atoms with Gasteiger partial charge >= 0.3 is 5.97 Å². The number of hydrogen-bond donors (Lipinski definition) is 1. The summed E-state index contributed by atoms with van der Waals surface area (Å²) in [6, 6.07) is 5.21. The minimum absolute atomic E-state index is 0.333. The van der Waals surface area contributed by atoms with Crippen molar-refractivity contribution in [2.45, 2.75) is 0 Å². The molecule has 0 amide bonds. The Balaban J connectivity index is 2.34. The minimum atomic E-state index is -1.26. The fourth-order valence-electron chi connectivity index (χ4n) is 1.73. The van der Waals surface area contributed by atoms with Crippen molar-refractivity contribution in [2.75, 3.05) is 14.2 Å². The molecule has 2 rings (SSSR count). The van der Waals surface area contributed by atoms with E-state index in [1.807, 2.05) is 6.07 Å². The van der Waals surface area contributed by atoms with Crippen LogP contribution in [0.3, 0.4) is 0 Å². The van der Waals surface area contributed by atoms with E-state index in [9.17, 15) is 4.79 Å². The molecule has 0 fully saturated rings. The van der Waals surface area contributed by atoms with Gasteiger partial charge in [0.05, 0.1) is 24.4 Å². The second kappa shape index (κ2) is 6.74.